The van der Waals surface area contributed by atoms with Crippen molar-refractivity contribution in [2.24, 2.45) is 5.92 Å². The largest absolute Gasteiger partial charge is 0.383 e. The summed E-state index contributed by atoms with van der Waals surface area (Å²) in [5, 5.41) is 4.65. The number of aromatic nitrogens is 2. The van der Waals surface area contributed by atoms with E-state index < -0.39 is 0 Å². The molecule has 2 bridgehead atoms. The predicted octanol–water partition coefficient (Wildman–Crippen LogP) is 1.02. The number of hydrogen-bond donors (Lipinski definition) is 0. The molecular weight excluding hydrogens is 332 g/mol. The molecule has 2 atom stereocenters. The molecule has 0 N–H and O–H groups in total. The third-order valence-electron chi connectivity index (χ3n) is 4.84. The molecule has 3 saturated heterocycles. The van der Waals surface area contributed by atoms with E-state index in [2.05, 4.69) is 5.10 Å². The second-order valence-electron chi connectivity index (χ2n) is 6.42. The third-order valence-corrected chi connectivity index (χ3v) is 5.03. The van der Waals surface area contributed by atoms with Gasteiger partial charge in [0.25, 0.3) is 0 Å². The Labute approximate surface area is 146 Å². The molecule has 2 amide bonds. The van der Waals surface area contributed by atoms with Gasteiger partial charge < -0.3 is 14.5 Å². The molecule has 0 aliphatic carbocycles. The molecule has 0 saturated carbocycles. The van der Waals surface area contributed by atoms with Crippen LogP contribution in [-0.4, -0.2) is 70.8 Å². The van der Waals surface area contributed by atoms with Crippen molar-refractivity contribution in [3.63, 3.8) is 0 Å². The summed E-state index contributed by atoms with van der Waals surface area (Å²) in [5.74, 6) is 0.154. The van der Waals surface area contributed by atoms with Crippen molar-refractivity contribution in [1.82, 2.24) is 19.6 Å². The molecule has 132 valence electrons. The van der Waals surface area contributed by atoms with Crippen LogP contribution in [0.15, 0.2) is 12.4 Å². The van der Waals surface area contributed by atoms with E-state index in [0.717, 1.165) is 12.8 Å². The zero-order valence-electron chi connectivity index (χ0n) is 13.9. The molecule has 3 fully saturated rings. The third kappa shape index (κ3) is 3.72. The molecule has 4 heterocycles. The summed E-state index contributed by atoms with van der Waals surface area (Å²) in [7, 11) is 1.64. The molecule has 0 spiro atoms. The molecule has 3 aliphatic heterocycles. The summed E-state index contributed by atoms with van der Waals surface area (Å²) in [6.45, 7) is 2.77. The Kier molecular flexibility index (Phi) is 5.40. The summed E-state index contributed by atoms with van der Waals surface area (Å²) in [6.07, 6.45) is 5.45. The highest BCUT2D eigenvalue weighted by atomic mass is 35.5. The van der Waals surface area contributed by atoms with Gasteiger partial charge >= 0.3 is 0 Å². The number of nitrogens with zero attached hydrogens (tertiary/aromatic N) is 4. The number of aryl methyl sites for hydroxylation is 1. The van der Waals surface area contributed by atoms with Crippen LogP contribution < -0.4 is 0 Å². The number of halogens is 1. The molecule has 7 nitrogen and oxygen atoms in total. The van der Waals surface area contributed by atoms with Gasteiger partial charge in [-0.25, -0.2) is 0 Å². The molecule has 3 aliphatic rings. The smallest absolute Gasteiger partial charge is 0.227 e. The minimum Gasteiger partial charge on any atom is -0.383 e. The van der Waals surface area contributed by atoms with Crippen molar-refractivity contribution in [1.29, 1.82) is 0 Å². The zero-order chi connectivity index (χ0) is 17.1. The fourth-order valence-corrected chi connectivity index (χ4v) is 3.71. The standard InChI is InChI=1S/C16H23ClN4O3/c1-24-7-6-21-14-3-2-12(16(21)23)9-19(11-14)15(22)4-5-20-10-13(17)8-18-20/h8,10,12,14H,2-7,9,11H2,1H3/t12-,14+/m1/s1. The Bertz CT molecular complexity index is 606. The van der Waals surface area contributed by atoms with E-state index in [-0.39, 0.29) is 23.8 Å². The van der Waals surface area contributed by atoms with Gasteiger partial charge in [-0.15, -0.1) is 0 Å². The first-order valence-electron chi connectivity index (χ1n) is 8.33. The molecule has 1 aromatic rings. The lowest BCUT2D eigenvalue weighted by atomic mass is 9.94. The summed E-state index contributed by atoms with van der Waals surface area (Å²) in [6, 6.07) is 0.106. The molecule has 4 rings (SSSR count). The second-order valence-corrected chi connectivity index (χ2v) is 6.86. The van der Waals surface area contributed by atoms with E-state index >= 15 is 0 Å². The van der Waals surface area contributed by atoms with Crippen LogP contribution in [0.5, 0.6) is 0 Å². The van der Waals surface area contributed by atoms with E-state index in [1.165, 1.54) is 0 Å². The summed E-state index contributed by atoms with van der Waals surface area (Å²) < 4.78 is 6.78. The summed E-state index contributed by atoms with van der Waals surface area (Å²) >= 11 is 5.83. The highest BCUT2D eigenvalue weighted by Gasteiger charge is 2.41. The molecule has 1 aromatic heterocycles. The van der Waals surface area contributed by atoms with E-state index in [0.29, 0.717) is 44.2 Å². The average molecular weight is 355 g/mol. The second kappa shape index (κ2) is 7.53. The average Bonchev–Trinajstić information content (AvgIpc) is 2.80. The van der Waals surface area contributed by atoms with Gasteiger partial charge in [0, 0.05) is 51.9 Å². The van der Waals surface area contributed by atoms with Crippen molar-refractivity contribution in [3.05, 3.63) is 17.4 Å². The van der Waals surface area contributed by atoms with Crippen LogP contribution in [0, 0.1) is 5.92 Å². The van der Waals surface area contributed by atoms with Crippen molar-refractivity contribution < 1.29 is 14.3 Å². The van der Waals surface area contributed by atoms with E-state index in [1.807, 2.05) is 9.80 Å². The molecule has 8 heteroatoms. The first-order chi connectivity index (χ1) is 11.6. The highest BCUT2D eigenvalue weighted by Crippen LogP contribution is 2.29. The van der Waals surface area contributed by atoms with Crippen molar-refractivity contribution in [3.8, 4) is 0 Å². The van der Waals surface area contributed by atoms with Gasteiger partial charge in [-0.2, -0.15) is 5.10 Å². The van der Waals surface area contributed by atoms with Crippen molar-refractivity contribution >= 4 is 23.4 Å². The quantitative estimate of drug-likeness (QED) is 0.765. The SMILES string of the molecule is COCCN1C(=O)[C@@H]2CC[C@H]1CN(C(=O)CCn1cc(Cl)cn1)C2. The van der Waals surface area contributed by atoms with Gasteiger partial charge in [0.15, 0.2) is 0 Å². The van der Waals surface area contributed by atoms with Crippen molar-refractivity contribution in [2.45, 2.75) is 31.8 Å². The number of carbonyl (C=O) groups is 2. The van der Waals surface area contributed by atoms with Gasteiger partial charge in [-0.3, -0.25) is 14.3 Å². The maximum atomic E-state index is 12.6. The highest BCUT2D eigenvalue weighted by molar-refractivity contribution is 6.30. The first-order valence-corrected chi connectivity index (χ1v) is 8.71. The molecule has 0 radical (unpaired) electrons. The minimum atomic E-state index is -0.0799. The monoisotopic (exact) mass is 354 g/mol. The number of ether oxygens (including phenoxy) is 1. The molecular formula is C16H23ClN4O3. The Morgan fingerprint density at radius 2 is 2.21 bits per heavy atom. The number of fused-ring (bicyclic) bond motifs is 4. The van der Waals surface area contributed by atoms with Crippen molar-refractivity contribution in [2.75, 3.05) is 33.4 Å². The molecule has 0 unspecified atom stereocenters. The lowest BCUT2D eigenvalue weighted by Crippen LogP contribution is -2.49. The van der Waals surface area contributed by atoms with E-state index in [1.54, 1.807) is 24.2 Å². The van der Waals surface area contributed by atoms with Crippen LogP contribution in [-0.2, 0) is 20.9 Å². The lowest BCUT2D eigenvalue weighted by Gasteiger charge is -2.35. The number of rotatable bonds is 6. The zero-order valence-corrected chi connectivity index (χ0v) is 14.6. The van der Waals surface area contributed by atoms with E-state index in [4.69, 9.17) is 16.3 Å². The summed E-state index contributed by atoms with van der Waals surface area (Å²) in [4.78, 5) is 28.9. The maximum absolute atomic E-state index is 12.6. The van der Waals surface area contributed by atoms with Crippen LogP contribution in [0.3, 0.4) is 0 Å². The fraction of sp³-hybridized carbons (Fsp3) is 0.688. The van der Waals surface area contributed by atoms with Gasteiger partial charge in [0.2, 0.25) is 11.8 Å². The minimum absolute atomic E-state index is 0.0694. The fourth-order valence-electron chi connectivity index (χ4n) is 3.56. The number of methoxy groups -OCH3 is 1. The number of hydrogen-bond acceptors (Lipinski definition) is 4. The summed E-state index contributed by atoms with van der Waals surface area (Å²) in [5.41, 5.74) is 0. The van der Waals surface area contributed by atoms with Crippen LogP contribution in [0.2, 0.25) is 5.02 Å². The number of amides is 2. The normalized spacial score (nSPS) is 23.7. The Balaban J connectivity index is 1.61. The van der Waals surface area contributed by atoms with Crippen LogP contribution >= 0.6 is 11.6 Å². The topological polar surface area (TPSA) is 67.7 Å². The lowest BCUT2D eigenvalue weighted by molar-refractivity contribution is -0.140. The van der Waals surface area contributed by atoms with Gasteiger partial charge in [0.05, 0.1) is 23.7 Å². The molecule has 0 aromatic carbocycles. The van der Waals surface area contributed by atoms with Crippen LogP contribution in [0.25, 0.3) is 0 Å². The Morgan fingerprint density at radius 1 is 1.38 bits per heavy atom. The Morgan fingerprint density at radius 3 is 2.92 bits per heavy atom. The molecule has 24 heavy (non-hydrogen) atoms. The first kappa shape index (κ1) is 17.2. The van der Waals surface area contributed by atoms with Crippen LogP contribution in [0.1, 0.15) is 19.3 Å². The number of carbonyl (C=O) groups excluding carboxylic acids is 2. The van der Waals surface area contributed by atoms with Gasteiger partial charge in [-0.05, 0) is 12.8 Å². The van der Waals surface area contributed by atoms with Crippen LogP contribution in [0.4, 0.5) is 0 Å². The van der Waals surface area contributed by atoms with Gasteiger partial charge in [-0.1, -0.05) is 11.6 Å². The maximum Gasteiger partial charge on any atom is 0.227 e. The Hall–Kier alpha value is -1.60. The predicted molar refractivity (Wildman–Crippen MR) is 88.5 cm³/mol. The van der Waals surface area contributed by atoms with E-state index in [9.17, 15) is 9.59 Å². The number of piperidine rings is 1. The van der Waals surface area contributed by atoms with Gasteiger partial charge in [0.1, 0.15) is 0 Å².